The number of aliphatic carboxylic acids is 1. The number of nitrogens with zero attached hydrogens (tertiary/aromatic N) is 1. The highest BCUT2D eigenvalue weighted by molar-refractivity contribution is 5.97. The molecule has 51 heavy (non-hydrogen) atoms. The molecular weight excluding hydrogens is 670 g/mol. The molecule has 1 fully saturated rings. The van der Waals surface area contributed by atoms with Crippen LogP contribution in [0.25, 0.3) is 0 Å². The number of carboxylic acid groups (broad SMARTS) is 1. The van der Waals surface area contributed by atoms with Crippen LogP contribution in [0.4, 0.5) is 0 Å². The van der Waals surface area contributed by atoms with Crippen LogP contribution in [0.1, 0.15) is 73.6 Å². The van der Waals surface area contributed by atoms with E-state index in [2.05, 4.69) is 31.9 Å². The summed E-state index contributed by atoms with van der Waals surface area (Å²) in [6, 6.07) is -5.73. The van der Waals surface area contributed by atoms with Crippen molar-refractivity contribution in [1.82, 2.24) is 36.8 Å². The number of carbonyl (C=O) groups is 9. The fourth-order valence-electron chi connectivity index (χ4n) is 5.35. The third-order valence-electron chi connectivity index (χ3n) is 8.03. The summed E-state index contributed by atoms with van der Waals surface area (Å²) in [5.74, 6) is -7.73. The normalized spacial score (nSPS) is 16.4. The minimum absolute atomic E-state index is 0.0946. The second-order valence-electron chi connectivity index (χ2n) is 13.6. The smallest absolute Gasteiger partial charge is 0.322 e. The molecule has 0 spiro atoms. The first-order valence-corrected chi connectivity index (χ1v) is 17.0. The number of hydrogen-bond donors (Lipinski definition) is 9. The molecule has 0 saturated carbocycles. The van der Waals surface area contributed by atoms with Gasteiger partial charge in [0.05, 0.1) is 13.1 Å². The highest BCUT2D eigenvalue weighted by Crippen LogP contribution is 2.20. The first kappa shape index (κ1) is 44.2. The number of likely N-dealkylation sites (tertiary alicyclic amines) is 1. The number of carbonyl (C=O) groups excluding carboxylic acids is 8. The number of primary amides is 1. The number of nitrogens with two attached hydrogens (primary N) is 2. The highest BCUT2D eigenvalue weighted by Gasteiger charge is 2.39. The van der Waals surface area contributed by atoms with Crippen molar-refractivity contribution in [3.8, 4) is 0 Å². The van der Waals surface area contributed by atoms with Gasteiger partial charge >= 0.3 is 5.97 Å². The molecule has 0 aromatic rings. The molecule has 1 rings (SSSR count). The second-order valence-corrected chi connectivity index (χ2v) is 13.6. The summed E-state index contributed by atoms with van der Waals surface area (Å²) in [5, 5.41) is 24.0. The maximum absolute atomic E-state index is 13.7. The quantitative estimate of drug-likeness (QED) is 0.0568. The van der Waals surface area contributed by atoms with E-state index in [0.29, 0.717) is 6.42 Å². The Kier molecular flexibility index (Phi) is 18.6. The van der Waals surface area contributed by atoms with Gasteiger partial charge in [-0.15, -0.1) is 0 Å². The van der Waals surface area contributed by atoms with Crippen LogP contribution in [-0.4, -0.2) is 120 Å². The molecule has 1 aliphatic rings. The van der Waals surface area contributed by atoms with Crippen LogP contribution in [0.5, 0.6) is 0 Å². The van der Waals surface area contributed by atoms with E-state index in [1.165, 1.54) is 4.90 Å². The van der Waals surface area contributed by atoms with E-state index in [9.17, 15) is 43.2 Å². The summed E-state index contributed by atoms with van der Waals surface area (Å²) in [7, 11) is 0. The van der Waals surface area contributed by atoms with Crippen LogP contribution < -0.4 is 43.4 Å². The maximum Gasteiger partial charge on any atom is 0.322 e. The first-order valence-electron chi connectivity index (χ1n) is 17.0. The van der Waals surface area contributed by atoms with Gasteiger partial charge in [0.15, 0.2) is 0 Å². The van der Waals surface area contributed by atoms with Gasteiger partial charge in [-0.25, -0.2) is 0 Å². The van der Waals surface area contributed by atoms with Gasteiger partial charge in [0.25, 0.3) is 0 Å². The van der Waals surface area contributed by atoms with Crippen molar-refractivity contribution in [2.24, 2.45) is 29.2 Å². The van der Waals surface area contributed by atoms with Crippen LogP contribution >= 0.6 is 0 Å². The Labute approximate surface area is 297 Å². The Morgan fingerprint density at radius 3 is 1.82 bits per heavy atom. The Balaban J connectivity index is 3.18. The van der Waals surface area contributed by atoms with Crippen molar-refractivity contribution in [2.45, 2.75) is 104 Å². The lowest BCUT2D eigenvalue weighted by Crippen LogP contribution is -2.61. The Morgan fingerprint density at radius 1 is 0.745 bits per heavy atom. The fraction of sp³-hybridized carbons (Fsp3) is 0.719. The van der Waals surface area contributed by atoms with Crippen LogP contribution in [0.3, 0.4) is 0 Å². The van der Waals surface area contributed by atoms with E-state index in [4.69, 9.17) is 16.6 Å². The molecule has 19 heteroatoms. The van der Waals surface area contributed by atoms with Gasteiger partial charge in [-0.1, -0.05) is 41.5 Å². The molecule has 0 bridgehead atoms. The molecule has 8 amide bonds. The SMILES string of the molecule is CC(C)CC(NC(=O)[C@@H](NC(=O)CNC(=O)CN)C(C)C)C(=O)N[C@H](C(=O)N[C@@H](CCC(N)=O)C(=O)N1CCC[C@H]1C(=O)NCC(=O)O)C(C)C. The summed E-state index contributed by atoms with van der Waals surface area (Å²) < 4.78 is 0. The van der Waals surface area contributed by atoms with Crippen molar-refractivity contribution < 1.29 is 48.3 Å². The van der Waals surface area contributed by atoms with E-state index >= 15 is 0 Å². The molecular formula is C32H55N9O10. The zero-order valence-corrected chi connectivity index (χ0v) is 30.2. The lowest BCUT2D eigenvalue weighted by molar-refractivity contribution is -0.143. The molecule has 0 aromatic carbocycles. The lowest BCUT2D eigenvalue weighted by Gasteiger charge is -2.31. The maximum atomic E-state index is 13.7. The number of carboxylic acids is 1. The number of amides is 8. The van der Waals surface area contributed by atoms with Gasteiger partial charge in [0.1, 0.15) is 36.8 Å². The standard InChI is InChI=1S/C32H55N9O10/c1-16(2)12-20(38-30(49)26(17(3)4)39-24(44)14-35-23(43)13-33)28(47)40-27(18(5)6)31(50)37-19(9-10-22(34)42)32(51)41-11-7-8-21(41)29(48)36-15-25(45)46/h16-21,26-27H,7-15,33H2,1-6H3,(H2,34,42)(H,35,43)(H,36,48)(H,37,50)(H,38,49)(H,39,44)(H,40,47)(H,45,46)/t19-,20?,21-,26-,27-/m0/s1. The summed E-state index contributed by atoms with van der Waals surface area (Å²) in [4.78, 5) is 115. The molecule has 288 valence electrons. The summed E-state index contributed by atoms with van der Waals surface area (Å²) in [6.07, 6.45) is 0.369. The van der Waals surface area contributed by atoms with Gasteiger partial charge < -0.3 is 53.4 Å². The fourth-order valence-corrected chi connectivity index (χ4v) is 5.35. The van der Waals surface area contributed by atoms with Gasteiger partial charge in [-0.2, -0.15) is 0 Å². The Morgan fingerprint density at radius 2 is 1.31 bits per heavy atom. The number of hydrogen-bond acceptors (Lipinski definition) is 10. The van der Waals surface area contributed by atoms with Gasteiger partial charge in [0, 0.05) is 13.0 Å². The average molecular weight is 726 g/mol. The lowest BCUT2D eigenvalue weighted by atomic mass is 9.98. The van der Waals surface area contributed by atoms with Crippen molar-refractivity contribution >= 4 is 53.2 Å². The van der Waals surface area contributed by atoms with Crippen LogP contribution in [0.2, 0.25) is 0 Å². The molecule has 11 N–H and O–H groups in total. The second kappa shape index (κ2) is 21.4. The molecule has 0 aromatic heterocycles. The van der Waals surface area contributed by atoms with Gasteiger partial charge in [-0.3, -0.25) is 43.2 Å². The van der Waals surface area contributed by atoms with E-state index in [0.717, 1.165) is 0 Å². The summed E-state index contributed by atoms with van der Waals surface area (Å²) >= 11 is 0. The van der Waals surface area contributed by atoms with E-state index in [1.54, 1.807) is 27.7 Å². The van der Waals surface area contributed by atoms with Crippen molar-refractivity contribution in [3.05, 3.63) is 0 Å². The van der Waals surface area contributed by atoms with Crippen molar-refractivity contribution in [2.75, 3.05) is 26.2 Å². The number of rotatable bonds is 21. The Hall–Kier alpha value is -4.81. The van der Waals surface area contributed by atoms with Gasteiger partial charge in [-0.05, 0) is 43.4 Å². The Bertz CT molecular complexity index is 1290. The first-order chi connectivity index (χ1) is 23.8. The molecule has 1 saturated heterocycles. The summed E-state index contributed by atoms with van der Waals surface area (Å²) in [5.41, 5.74) is 10.6. The molecule has 5 atom stereocenters. The third kappa shape index (κ3) is 15.3. The minimum atomic E-state index is -1.31. The minimum Gasteiger partial charge on any atom is -0.480 e. The predicted octanol–water partition coefficient (Wildman–Crippen LogP) is -3.18. The molecule has 19 nitrogen and oxygen atoms in total. The summed E-state index contributed by atoms with van der Waals surface area (Å²) in [6.45, 7) is 9.09. The molecule has 1 aliphatic heterocycles. The topological polar surface area (TPSA) is 301 Å². The van der Waals surface area contributed by atoms with Crippen molar-refractivity contribution in [3.63, 3.8) is 0 Å². The van der Waals surface area contributed by atoms with E-state index in [1.807, 2.05) is 13.8 Å². The van der Waals surface area contributed by atoms with Crippen molar-refractivity contribution in [1.29, 1.82) is 0 Å². The van der Waals surface area contributed by atoms with Crippen LogP contribution in [-0.2, 0) is 43.2 Å². The number of nitrogens with one attached hydrogen (secondary N) is 6. The molecule has 0 radical (unpaired) electrons. The third-order valence-corrected chi connectivity index (χ3v) is 8.03. The zero-order chi connectivity index (χ0) is 39.0. The van der Waals surface area contributed by atoms with E-state index < -0.39 is 108 Å². The largest absolute Gasteiger partial charge is 0.480 e. The van der Waals surface area contributed by atoms with Crippen LogP contribution in [0.15, 0.2) is 0 Å². The van der Waals surface area contributed by atoms with E-state index in [-0.39, 0.29) is 44.7 Å². The average Bonchev–Trinajstić information content (AvgIpc) is 3.54. The molecule has 0 aliphatic carbocycles. The highest BCUT2D eigenvalue weighted by atomic mass is 16.4. The zero-order valence-electron chi connectivity index (χ0n) is 30.2. The van der Waals surface area contributed by atoms with Crippen LogP contribution in [0, 0.1) is 17.8 Å². The molecule has 1 heterocycles. The monoisotopic (exact) mass is 725 g/mol. The van der Waals surface area contributed by atoms with Gasteiger partial charge in [0.2, 0.25) is 47.3 Å². The predicted molar refractivity (Wildman–Crippen MR) is 183 cm³/mol. The molecule has 1 unspecified atom stereocenters.